The number of nitrogens with zero attached hydrogens (tertiary/aromatic N) is 1. The van der Waals surface area contributed by atoms with Crippen LogP contribution in [0.25, 0.3) is 11.0 Å². The zero-order valence-electron chi connectivity index (χ0n) is 8.80. The Balaban J connectivity index is 2.96. The third kappa shape index (κ3) is 1.61. The van der Waals surface area contributed by atoms with Gasteiger partial charge in [-0.1, -0.05) is 11.6 Å². The molecular weight excluding hydrogens is 228 g/mol. The maximum Gasteiger partial charge on any atom is 0.260 e. The zero-order chi connectivity index (χ0) is 11.9. The number of carbonyl (C=O) groups excluding carboxylic acids is 1. The number of halogens is 1. The molecule has 0 aliphatic heterocycles. The summed E-state index contributed by atoms with van der Waals surface area (Å²) in [6.07, 6.45) is 1.45. The number of rotatable bonds is 1. The number of hydrogen-bond donors (Lipinski definition) is 1. The second-order valence-electron chi connectivity index (χ2n) is 3.56. The summed E-state index contributed by atoms with van der Waals surface area (Å²) < 4.78 is 0. The SMILES string of the molecule is CC(=O)c1c(C)c2cc(Cl)cnc2[nH]c1=O. The lowest BCUT2D eigenvalue weighted by Gasteiger charge is -2.05. The molecule has 0 aliphatic rings. The topological polar surface area (TPSA) is 62.8 Å². The lowest BCUT2D eigenvalue weighted by atomic mass is 10.0. The molecule has 2 rings (SSSR count). The summed E-state index contributed by atoms with van der Waals surface area (Å²) in [4.78, 5) is 29.5. The highest BCUT2D eigenvalue weighted by atomic mass is 35.5. The van der Waals surface area contributed by atoms with Crippen LogP contribution in [-0.2, 0) is 0 Å². The summed E-state index contributed by atoms with van der Waals surface area (Å²) in [7, 11) is 0. The van der Waals surface area contributed by atoms with E-state index in [4.69, 9.17) is 11.6 Å². The van der Waals surface area contributed by atoms with Crippen LogP contribution in [0.3, 0.4) is 0 Å². The summed E-state index contributed by atoms with van der Waals surface area (Å²) in [5.41, 5.74) is 0.807. The van der Waals surface area contributed by atoms with Crippen molar-refractivity contribution >= 4 is 28.4 Å². The van der Waals surface area contributed by atoms with Crippen molar-refractivity contribution in [3.63, 3.8) is 0 Å². The number of nitrogens with one attached hydrogen (secondary N) is 1. The molecule has 0 atom stereocenters. The molecule has 0 fully saturated rings. The van der Waals surface area contributed by atoms with Gasteiger partial charge in [-0.2, -0.15) is 0 Å². The molecule has 0 unspecified atom stereocenters. The van der Waals surface area contributed by atoms with Gasteiger partial charge in [-0.15, -0.1) is 0 Å². The van der Waals surface area contributed by atoms with E-state index >= 15 is 0 Å². The van der Waals surface area contributed by atoms with Crippen molar-refractivity contribution in [3.8, 4) is 0 Å². The van der Waals surface area contributed by atoms with Crippen LogP contribution < -0.4 is 5.56 Å². The van der Waals surface area contributed by atoms with Gasteiger partial charge in [-0.3, -0.25) is 9.59 Å². The van der Waals surface area contributed by atoms with Crippen molar-refractivity contribution in [1.82, 2.24) is 9.97 Å². The van der Waals surface area contributed by atoms with Gasteiger partial charge in [0, 0.05) is 11.6 Å². The molecule has 2 heterocycles. The maximum absolute atomic E-state index is 11.6. The number of aryl methyl sites for hydroxylation is 1. The van der Waals surface area contributed by atoms with Crippen molar-refractivity contribution in [3.05, 3.63) is 38.8 Å². The number of Topliss-reactive ketones (excluding diaryl/α,β-unsaturated/α-hetero) is 1. The zero-order valence-corrected chi connectivity index (χ0v) is 9.55. The molecule has 2 aromatic rings. The first-order valence-electron chi connectivity index (χ1n) is 4.70. The fourth-order valence-corrected chi connectivity index (χ4v) is 1.88. The van der Waals surface area contributed by atoms with E-state index in [1.165, 1.54) is 13.1 Å². The number of aromatic nitrogens is 2. The van der Waals surface area contributed by atoms with E-state index in [0.717, 1.165) is 0 Å². The summed E-state index contributed by atoms with van der Waals surface area (Å²) in [6.45, 7) is 3.08. The van der Waals surface area contributed by atoms with E-state index < -0.39 is 5.56 Å². The number of fused-ring (bicyclic) bond motifs is 1. The molecular formula is C11H9ClN2O2. The molecule has 5 heteroatoms. The van der Waals surface area contributed by atoms with E-state index in [9.17, 15) is 9.59 Å². The minimum absolute atomic E-state index is 0.163. The molecule has 0 aliphatic carbocycles. The number of aromatic amines is 1. The second-order valence-corrected chi connectivity index (χ2v) is 4.00. The Morgan fingerprint density at radius 3 is 2.81 bits per heavy atom. The predicted molar refractivity (Wildman–Crippen MR) is 62.1 cm³/mol. The van der Waals surface area contributed by atoms with Crippen molar-refractivity contribution in [2.45, 2.75) is 13.8 Å². The summed E-state index contributed by atoms with van der Waals surface area (Å²) in [6, 6.07) is 1.68. The largest absolute Gasteiger partial charge is 0.306 e. The number of ketones is 1. The number of carbonyl (C=O) groups is 1. The molecule has 0 bridgehead atoms. The minimum atomic E-state index is -0.410. The Morgan fingerprint density at radius 2 is 2.19 bits per heavy atom. The first-order chi connectivity index (χ1) is 7.50. The summed E-state index contributed by atoms with van der Waals surface area (Å²) in [5, 5.41) is 1.16. The molecule has 0 aromatic carbocycles. The fraction of sp³-hybridized carbons (Fsp3) is 0.182. The quantitative estimate of drug-likeness (QED) is 0.771. The molecule has 16 heavy (non-hydrogen) atoms. The molecule has 4 nitrogen and oxygen atoms in total. The average Bonchev–Trinajstić information content (AvgIpc) is 2.19. The van der Waals surface area contributed by atoms with Gasteiger partial charge in [0.2, 0.25) is 0 Å². The molecule has 0 spiro atoms. The van der Waals surface area contributed by atoms with E-state index in [1.54, 1.807) is 13.0 Å². The lowest BCUT2D eigenvalue weighted by Crippen LogP contribution is -2.18. The molecule has 0 radical (unpaired) electrons. The van der Waals surface area contributed by atoms with Gasteiger partial charge >= 0.3 is 0 Å². The normalized spacial score (nSPS) is 10.7. The Hall–Kier alpha value is -1.68. The summed E-state index contributed by atoms with van der Waals surface area (Å²) in [5.74, 6) is -0.263. The van der Waals surface area contributed by atoms with Crippen molar-refractivity contribution < 1.29 is 4.79 Å². The Kier molecular flexibility index (Phi) is 2.52. The maximum atomic E-state index is 11.6. The third-order valence-corrected chi connectivity index (χ3v) is 2.65. The Labute approximate surface area is 96.3 Å². The average molecular weight is 237 g/mol. The first-order valence-corrected chi connectivity index (χ1v) is 5.07. The molecule has 82 valence electrons. The second kappa shape index (κ2) is 3.72. The van der Waals surface area contributed by atoms with Crippen LogP contribution in [0.5, 0.6) is 0 Å². The van der Waals surface area contributed by atoms with Crippen LogP contribution in [0, 0.1) is 6.92 Å². The standard InChI is InChI=1S/C11H9ClN2O2/c1-5-8-3-7(12)4-13-10(8)14-11(16)9(5)6(2)15/h3-4H,1-2H3,(H,13,14,16). The van der Waals surface area contributed by atoms with Gasteiger partial charge in [0.1, 0.15) is 5.65 Å². The number of hydrogen-bond acceptors (Lipinski definition) is 3. The van der Waals surface area contributed by atoms with Gasteiger partial charge in [-0.25, -0.2) is 4.98 Å². The number of pyridine rings is 2. The smallest absolute Gasteiger partial charge is 0.260 e. The highest BCUT2D eigenvalue weighted by molar-refractivity contribution is 6.31. The van der Waals surface area contributed by atoms with E-state index in [-0.39, 0.29) is 11.3 Å². The number of H-pyrrole nitrogens is 1. The first kappa shape index (κ1) is 10.8. The van der Waals surface area contributed by atoms with Crippen LogP contribution in [0.1, 0.15) is 22.8 Å². The third-order valence-electron chi connectivity index (χ3n) is 2.44. The Bertz CT molecular complexity index is 646. The van der Waals surface area contributed by atoms with Gasteiger partial charge in [0.25, 0.3) is 5.56 Å². The van der Waals surface area contributed by atoms with Crippen molar-refractivity contribution in [2.24, 2.45) is 0 Å². The molecule has 1 N–H and O–H groups in total. The van der Waals surface area contributed by atoms with Crippen LogP contribution in [-0.4, -0.2) is 15.8 Å². The Morgan fingerprint density at radius 1 is 1.50 bits per heavy atom. The van der Waals surface area contributed by atoms with E-state index in [1.807, 2.05) is 0 Å². The van der Waals surface area contributed by atoms with E-state index in [2.05, 4.69) is 9.97 Å². The molecule has 2 aromatic heterocycles. The molecule has 0 saturated carbocycles. The van der Waals surface area contributed by atoms with Crippen molar-refractivity contribution in [1.29, 1.82) is 0 Å². The van der Waals surface area contributed by atoms with Gasteiger partial charge in [0.15, 0.2) is 5.78 Å². The monoisotopic (exact) mass is 236 g/mol. The molecule has 0 amide bonds. The van der Waals surface area contributed by atoms with Crippen LogP contribution in [0.15, 0.2) is 17.1 Å². The van der Waals surface area contributed by atoms with Gasteiger partial charge in [-0.05, 0) is 25.5 Å². The van der Waals surface area contributed by atoms with Crippen LogP contribution >= 0.6 is 11.6 Å². The van der Waals surface area contributed by atoms with Crippen LogP contribution in [0.2, 0.25) is 5.02 Å². The van der Waals surface area contributed by atoms with Gasteiger partial charge < -0.3 is 4.98 Å². The fourth-order valence-electron chi connectivity index (χ4n) is 1.72. The predicted octanol–water partition coefficient (Wildman–Crippen LogP) is 2.09. The lowest BCUT2D eigenvalue weighted by molar-refractivity contribution is 0.101. The van der Waals surface area contributed by atoms with Gasteiger partial charge in [0.05, 0.1) is 10.6 Å². The highest BCUT2D eigenvalue weighted by Gasteiger charge is 2.13. The minimum Gasteiger partial charge on any atom is -0.306 e. The highest BCUT2D eigenvalue weighted by Crippen LogP contribution is 2.19. The summed E-state index contributed by atoms with van der Waals surface area (Å²) >= 11 is 5.82. The van der Waals surface area contributed by atoms with Crippen molar-refractivity contribution in [2.75, 3.05) is 0 Å². The van der Waals surface area contributed by atoms with Crippen LogP contribution in [0.4, 0.5) is 0 Å². The molecule has 0 saturated heterocycles. The van der Waals surface area contributed by atoms with E-state index in [0.29, 0.717) is 21.6 Å².